The van der Waals surface area contributed by atoms with Gasteiger partial charge in [0.25, 0.3) is 5.69 Å². The summed E-state index contributed by atoms with van der Waals surface area (Å²) in [6.45, 7) is 0.817. The van der Waals surface area contributed by atoms with Gasteiger partial charge < -0.3 is 4.57 Å². The van der Waals surface area contributed by atoms with Crippen LogP contribution in [0.2, 0.25) is 5.02 Å². The van der Waals surface area contributed by atoms with Crippen molar-refractivity contribution in [3.8, 4) is 0 Å². The Labute approximate surface area is 113 Å². The fraction of sp³-hybridized carbons (Fsp3) is 0.182. The Kier molecular flexibility index (Phi) is 4.22. The molecule has 1 aromatic carbocycles. The molecule has 0 spiro atoms. The molecule has 0 aliphatic rings. The molecule has 0 fully saturated rings. The third kappa shape index (κ3) is 3.24. The SMILES string of the molecule is O=[N+]([O-])c1ccc(SCCn2ccnc2)c(Cl)c1. The number of nitrogens with zero attached hydrogens (tertiary/aromatic N) is 3. The van der Waals surface area contributed by atoms with Gasteiger partial charge in [-0.2, -0.15) is 0 Å². The maximum atomic E-state index is 10.6. The van der Waals surface area contributed by atoms with Crippen molar-refractivity contribution in [1.29, 1.82) is 0 Å². The molecule has 5 nitrogen and oxygen atoms in total. The van der Waals surface area contributed by atoms with Crippen molar-refractivity contribution in [1.82, 2.24) is 9.55 Å². The van der Waals surface area contributed by atoms with Gasteiger partial charge in [-0.25, -0.2) is 4.98 Å². The van der Waals surface area contributed by atoms with Gasteiger partial charge in [0.05, 0.1) is 16.3 Å². The number of aryl methyl sites for hydroxylation is 1. The molecule has 18 heavy (non-hydrogen) atoms. The van der Waals surface area contributed by atoms with E-state index in [9.17, 15) is 10.1 Å². The summed E-state index contributed by atoms with van der Waals surface area (Å²) in [5.74, 6) is 0.827. The fourth-order valence-electron chi connectivity index (χ4n) is 1.40. The predicted octanol–water partition coefficient (Wildman–Crippen LogP) is 3.24. The molecule has 0 amide bonds. The first-order valence-electron chi connectivity index (χ1n) is 5.19. The first kappa shape index (κ1) is 12.9. The van der Waals surface area contributed by atoms with Gasteiger partial charge in [-0.05, 0) is 6.07 Å². The summed E-state index contributed by atoms with van der Waals surface area (Å²) in [5.41, 5.74) is 0.0129. The average molecular weight is 284 g/mol. The normalized spacial score (nSPS) is 10.5. The highest BCUT2D eigenvalue weighted by atomic mass is 35.5. The minimum absolute atomic E-state index is 0.0129. The van der Waals surface area contributed by atoms with Crippen LogP contribution in [0.5, 0.6) is 0 Å². The van der Waals surface area contributed by atoms with Crippen LogP contribution in [0.25, 0.3) is 0 Å². The van der Waals surface area contributed by atoms with Crippen molar-refractivity contribution < 1.29 is 4.92 Å². The molecule has 0 aliphatic heterocycles. The topological polar surface area (TPSA) is 61.0 Å². The van der Waals surface area contributed by atoms with Crippen molar-refractivity contribution in [2.75, 3.05) is 5.75 Å². The average Bonchev–Trinajstić information content (AvgIpc) is 2.84. The molecule has 7 heteroatoms. The molecular weight excluding hydrogens is 274 g/mol. The van der Waals surface area contributed by atoms with E-state index in [-0.39, 0.29) is 5.69 Å². The number of hydrogen-bond acceptors (Lipinski definition) is 4. The van der Waals surface area contributed by atoms with Crippen molar-refractivity contribution in [2.24, 2.45) is 0 Å². The fourth-order valence-corrected chi connectivity index (χ4v) is 2.62. The van der Waals surface area contributed by atoms with E-state index in [0.29, 0.717) is 5.02 Å². The van der Waals surface area contributed by atoms with Crippen LogP contribution < -0.4 is 0 Å². The Morgan fingerprint density at radius 2 is 2.33 bits per heavy atom. The lowest BCUT2D eigenvalue weighted by atomic mass is 10.3. The molecule has 0 aliphatic carbocycles. The number of halogens is 1. The van der Waals surface area contributed by atoms with Crippen molar-refractivity contribution in [3.63, 3.8) is 0 Å². The van der Waals surface area contributed by atoms with Gasteiger partial charge in [0.15, 0.2) is 0 Å². The van der Waals surface area contributed by atoms with Crippen LogP contribution in [0.15, 0.2) is 41.8 Å². The van der Waals surface area contributed by atoms with E-state index in [1.807, 2.05) is 10.8 Å². The zero-order valence-corrected chi connectivity index (χ0v) is 10.9. The molecular formula is C11H10ClN3O2S. The lowest BCUT2D eigenvalue weighted by Crippen LogP contribution is -1.96. The lowest BCUT2D eigenvalue weighted by molar-refractivity contribution is -0.384. The number of nitro benzene ring substituents is 1. The van der Waals surface area contributed by atoms with Crippen molar-refractivity contribution >= 4 is 29.1 Å². The van der Waals surface area contributed by atoms with Crippen molar-refractivity contribution in [2.45, 2.75) is 11.4 Å². The van der Waals surface area contributed by atoms with Gasteiger partial charge in [0.1, 0.15) is 0 Å². The highest BCUT2D eigenvalue weighted by Gasteiger charge is 2.09. The first-order valence-corrected chi connectivity index (χ1v) is 6.55. The summed E-state index contributed by atoms with van der Waals surface area (Å²) in [6.07, 6.45) is 5.36. The monoisotopic (exact) mass is 283 g/mol. The Hall–Kier alpha value is -1.53. The number of non-ortho nitro benzene ring substituents is 1. The van der Waals surface area contributed by atoms with Crippen LogP contribution in [0.3, 0.4) is 0 Å². The number of hydrogen-bond donors (Lipinski definition) is 0. The van der Waals surface area contributed by atoms with Crippen LogP contribution in [0, 0.1) is 10.1 Å². The number of imidazole rings is 1. The first-order chi connectivity index (χ1) is 8.66. The second-order valence-electron chi connectivity index (χ2n) is 3.52. The number of rotatable bonds is 5. The maximum Gasteiger partial charge on any atom is 0.270 e. The predicted molar refractivity (Wildman–Crippen MR) is 71.1 cm³/mol. The van der Waals surface area contributed by atoms with E-state index in [4.69, 9.17) is 11.6 Å². The molecule has 2 rings (SSSR count). The molecule has 2 aromatic rings. The smallest absolute Gasteiger partial charge is 0.270 e. The van der Waals surface area contributed by atoms with Gasteiger partial charge in [-0.1, -0.05) is 11.6 Å². The molecule has 0 N–H and O–H groups in total. The second kappa shape index (κ2) is 5.88. The zero-order valence-electron chi connectivity index (χ0n) is 9.32. The lowest BCUT2D eigenvalue weighted by Gasteiger charge is -2.04. The van der Waals surface area contributed by atoms with Crippen LogP contribution in [0.1, 0.15) is 0 Å². The van der Waals surface area contributed by atoms with E-state index >= 15 is 0 Å². The van der Waals surface area contributed by atoms with Crippen LogP contribution >= 0.6 is 23.4 Å². The summed E-state index contributed by atoms with van der Waals surface area (Å²) in [5, 5.41) is 11.0. The second-order valence-corrected chi connectivity index (χ2v) is 5.06. The minimum atomic E-state index is -0.453. The standard InChI is InChI=1S/C11H10ClN3O2S/c12-10-7-9(15(16)17)1-2-11(10)18-6-5-14-4-3-13-8-14/h1-4,7-8H,5-6H2. The number of aromatic nitrogens is 2. The van der Waals surface area contributed by atoms with Crippen LogP contribution in [0.4, 0.5) is 5.69 Å². The molecule has 0 saturated heterocycles. The molecule has 0 atom stereocenters. The molecule has 0 unspecified atom stereocenters. The molecule has 0 bridgehead atoms. The third-order valence-corrected chi connectivity index (χ3v) is 3.77. The Bertz CT molecular complexity index is 545. The number of thioether (sulfide) groups is 1. The summed E-state index contributed by atoms with van der Waals surface area (Å²) < 4.78 is 1.96. The van der Waals surface area contributed by atoms with Gasteiger partial charge in [0.2, 0.25) is 0 Å². The quantitative estimate of drug-likeness (QED) is 0.480. The van der Waals surface area contributed by atoms with E-state index in [1.165, 1.54) is 12.1 Å². The van der Waals surface area contributed by atoms with Gasteiger partial charge in [-0.3, -0.25) is 10.1 Å². The largest absolute Gasteiger partial charge is 0.337 e. The van der Waals surface area contributed by atoms with Gasteiger partial charge >= 0.3 is 0 Å². The summed E-state index contributed by atoms with van der Waals surface area (Å²) in [7, 11) is 0. The van der Waals surface area contributed by atoms with Gasteiger partial charge in [-0.15, -0.1) is 11.8 Å². The zero-order chi connectivity index (χ0) is 13.0. The Balaban J connectivity index is 1.95. The molecule has 0 radical (unpaired) electrons. The third-order valence-electron chi connectivity index (χ3n) is 2.29. The van der Waals surface area contributed by atoms with Crippen LogP contribution in [-0.2, 0) is 6.54 Å². The van der Waals surface area contributed by atoms with Crippen LogP contribution in [-0.4, -0.2) is 20.2 Å². The number of benzene rings is 1. The van der Waals surface area contributed by atoms with E-state index in [2.05, 4.69) is 4.98 Å². The Morgan fingerprint density at radius 3 is 2.94 bits per heavy atom. The highest BCUT2D eigenvalue weighted by Crippen LogP contribution is 2.30. The van der Waals surface area contributed by atoms with E-state index in [0.717, 1.165) is 17.2 Å². The molecule has 1 heterocycles. The highest BCUT2D eigenvalue weighted by molar-refractivity contribution is 7.99. The summed E-state index contributed by atoms with van der Waals surface area (Å²) >= 11 is 7.55. The minimum Gasteiger partial charge on any atom is -0.337 e. The summed E-state index contributed by atoms with van der Waals surface area (Å²) in [6, 6.07) is 4.52. The molecule has 94 valence electrons. The molecule has 0 saturated carbocycles. The van der Waals surface area contributed by atoms with Gasteiger partial charge in [0, 0.05) is 41.7 Å². The van der Waals surface area contributed by atoms with E-state index < -0.39 is 4.92 Å². The van der Waals surface area contributed by atoms with E-state index in [1.54, 1.807) is 30.4 Å². The summed E-state index contributed by atoms with van der Waals surface area (Å²) in [4.78, 5) is 14.9. The maximum absolute atomic E-state index is 10.6. The Morgan fingerprint density at radius 1 is 1.50 bits per heavy atom. The van der Waals surface area contributed by atoms with Crippen molar-refractivity contribution in [3.05, 3.63) is 52.1 Å². The molecule has 1 aromatic heterocycles. The number of nitro groups is 1.